The summed E-state index contributed by atoms with van der Waals surface area (Å²) in [7, 11) is 0. The van der Waals surface area contributed by atoms with Crippen LogP contribution in [0.5, 0.6) is 0 Å². The van der Waals surface area contributed by atoms with Gasteiger partial charge in [-0.1, -0.05) is 24.3 Å². The van der Waals surface area contributed by atoms with Gasteiger partial charge in [0.25, 0.3) is 0 Å². The van der Waals surface area contributed by atoms with Crippen molar-refractivity contribution in [3.05, 3.63) is 35.6 Å². The Kier molecular flexibility index (Phi) is 1.83. The van der Waals surface area contributed by atoms with Crippen molar-refractivity contribution in [1.82, 2.24) is 5.32 Å². The summed E-state index contributed by atoms with van der Waals surface area (Å²) in [4.78, 5) is 11.3. The number of nitrogens with one attached hydrogen (secondary N) is 1. The molecule has 0 aromatic rings. The lowest BCUT2D eigenvalue weighted by Crippen LogP contribution is -2.33. The quantitative estimate of drug-likeness (QED) is 0.655. The number of carbonyl (C=O) groups is 1. The largest absolute Gasteiger partial charge is 0.381 e. The maximum atomic E-state index is 11.3. The fourth-order valence-electron chi connectivity index (χ4n) is 1.95. The molecule has 0 spiro atoms. The van der Waals surface area contributed by atoms with Crippen molar-refractivity contribution in [2.75, 3.05) is 0 Å². The summed E-state index contributed by atoms with van der Waals surface area (Å²) in [5.74, 6) is 0.527. The highest BCUT2D eigenvalue weighted by atomic mass is 16.1. The monoisotopic (exact) mass is 175 g/mol. The van der Waals surface area contributed by atoms with Crippen LogP contribution >= 0.6 is 0 Å². The van der Waals surface area contributed by atoms with Gasteiger partial charge in [-0.05, 0) is 13.8 Å². The number of Topliss-reactive ketones (excluding diaryl/α,β-unsaturated/α-hetero) is 1. The average Bonchev–Trinajstić information content (AvgIpc) is 2.43. The second-order valence-electron chi connectivity index (χ2n) is 3.61. The minimum atomic E-state index is 0.162. The second kappa shape index (κ2) is 2.87. The molecule has 2 atom stereocenters. The first kappa shape index (κ1) is 8.30. The van der Waals surface area contributed by atoms with Crippen molar-refractivity contribution < 1.29 is 4.79 Å². The van der Waals surface area contributed by atoms with Gasteiger partial charge in [-0.25, -0.2) is 0 Å². The minimum absolute atomic E-state index is 0.162. The lowest BCUT2D eigenvalue weighted by molar-refractivity contribution is -0.113. The van der Waals surface area contributed by atoms with E-state index < -0.39 is 0 Å². The molecule has 68 valence electrons. The highest BCUT2D eigenvalue weighted by Crippen LogP contribution is 2.27. The SMILES string of the molecule is CC(=O)C1=CC=CC2C=C(C)NC12. The summed E-state index contributed by atoms with van der Waals surface area (Å²) in [5, 5.41) is 3.31. The van der Waals surface area contributed by atoms with Gasteiger partial charge < -0.3 is 5.32 Å². The number of fused-ring (bicyclic) bond motifs is 1. The van der Waals surface area contributed by atoms with Gasteiger partial charge in [-0.2, -0.15) is 0 Å². The van der Waals surface area contributed by atoms with Crippen LogP contribution in [0.15, 0.2) is 35.6 Å². The summed E-state index contributed by atoms with van der Waals surface area (Å²) in [5.41, 5.74) is 2.05. The third kappa shape index (κ3) is 1.32. The molecule has 0 aromatic carbocycles. The molecular formula is C11H13NO. The lowest BCUT2D eigenvalue weighted by Gasteiger charge is -2.22. The normalized spacial score (nSPS) is 30.3. The zero-order chi connectivity index (χ0) is 9.42. The molecule has 0 saturated carbocycles. The molecule has 2 aliphatic rings. The molecule has 13 heavy (non-hydrogen) atoms. The van der Waals surface area contributed by atoms with E-state index in [2.05, 4.69) is 17.5 Å². The van der Waals surface area contributed by atoms with Crippen LogP contribution in [0.3, 0.4) is 0 Å². The van der Waals surface area contributed by atoms with Gasteiger partial charge in [-0.15, -0.1) is 0 Å². The fourth-order valence-corrected chi connectivity index (χ4v) is 1.95. The third-order valence-electron chi connectivity index (χ3n) is 2.56. The Bertz CT molecular complexity index is 336. The van der Waals surface area contributed by atoms with Gasteiger partial charge in [0, 0.05) is 17.2 Å². The number of hydrogen-bond acceptors (Lipinski definition) is 2. The molecule has 0 aromatic heterocycles. The van der Waals surface area contributed by atoms with Gasteiger partial charge in [0.1, 0.15) is 0 Å². The van der Waals surface area contributed by atoms with Crippen molar-refractivity contribution in [3.8, 4) is 0 Å². The lowest BCUT2D eigenvalue weighted by atomic mass is 9.89. The van der Waals surface area contributed by atoms with Crippen molar-refractivity contribution >= 4 is 5.78 Å². The van der Waals surface area contributed by atoms with Crippen molar-refractivity contribution in [1.29, 1.82) is 0 Å². The second-order valence-corrected chi connectivity index (χ2v) is 3.61. The van der Waals surface area contributed by atoms with E-state index in [4.69, 9.17) is 0 Å². The molecule has 0 saturated heterocycles. The summed E-state index contributed by atoms with van der Waals surface area (Å²) >= 11 is 0. The summed E-state index contributed by atoms with van der Waals surface area (Å²) in [6.07, 6.45) is 8.16. The maximum absolute atomic E-state index is 11.3. The van der Waals surface area contributed by atoms with E-state index in [1.54, 1.807) is 6.92 Å². The zero-order valence-corrected chi connectivity index (χ0v) is 7.87. The van der Waals surface area contributed by atoms with E-state index in [1.165, 1.54) is 0 Å². The van der Waals surface area contributed by atoms with E-state index >= 15 is 0 Å². The molecule has 0 bridgehead atoms. The predicted molar refractivity (Wildman–Crippen MR) is 52.1 cm³/mol. The van der Waals surface area contributed by atoms with Gasteiger partial charge in [0.2, 0.25) is 0 Å². The fraction of sp³-hybridized carbons (Fsp3) is 0.364. The first-order valence-corrected chi connectivity index (χ1v) is 4.53. The van der Waals surface area contributed by atoms with Crippen LogP contribution in [-0.4, -0.2) is 11.8 Å². The third-order valence-corrected chi connectivity index (χ3v) is 2.56. The van der Waals surface area contributed by atoms with Crippen LogP contribution in [0.25, 0.3) is 0 Å². The first-order valence-electron chi connectivity index (χ1n) is 4.53. The Morgan fingerprint density at radius 2 is 2.31 bits per heavy atom. The Hall–Kier alpha value is -1.31. The van der Waals surface area contributed by atoms with Crippen LogP contribution in [-0.2, 0) is 4.79 Å². The standard InChI is InChI=1S/C11H13NO/c1-7-6-9-4-3-5-10(8(2)13)11(9)12-7/h3-6,9,11-12H,1-2H3. The topological polar surface area (TPSA) is 29.1 Å². The number of ketones is 1. The molecule has 1 aliphatic heterocycles. The van der Waals surface area contributed by atoms with Gasteiger partial charge >= 0.3 is 0 Å². The highest BCUT2D eigenvalue weighted by Gasteiger charge is 2.29. The molecule has 0 radical (unpaired) electrons. The van der Waals surface area contributed by atoms with E-state index in [9.17, 15) is 4.79 Å². The Morgan fingerprint density at radius 1 is 1.54 bits per heavy atom. The van der Waals surface area contributed by atoms with Crippen LogP contribution in [0, 0.1) is 5.92 Å². The predicted octanol–water partition coefficient (Wildman–Crippen LogP) is 1.56. The number of allylic oxidation sites excluding steroid dienone is 3. The molecule has 1 aliphatic carbocycles. The van der Waals surface area contributed by atoms with Crippen molar-refractivity contribution in [2.45, 2.75) is 19.9 Å². The average molecular weight is 175 g/mol. The number of carbonyl (C=O) groups excluding carboxylic acids is 1. The van der Waals surface area contributed by atoms with Crippen LogP contribution in [0.1, 0.15) is 13.8 Å². The Morgan fingerprint density at radius 3 is 3.00 bits per heavy atom. The molecule has 2 nitrogen and oxygen atoms in total. The summed E-state index contributed by atoms with van der Waals surface area (Å²) < 4.78 is 0. The maximum Gasteiger partial charge on any atom is 0.157 e. The van der Waals surface area contributed by atoms with Crippen LogP contribution < -0.4 is 5.32 Å². The zero-order valence-electron chi connectivity index (χ0n) is 7.87. The molecule has 2 rings (SSSR count). The molecule has 0 amide bonds. The summed E-state index contributed by atoms with van der Waals surface area (Å²) in [6, 6.07) is 0.183. The van der Waals surface area contributed by atoms with E-state index in [0.29, 0.717) is 5.92 Å². The van der Waals surface area contributed by atoms with Gasteiger partial charge in [-0.3, -0.25) is 4.79 Å². The minimum Gasteiger partial charge on any atom is -0.381 e. The molecule has 0 fully saturated rings. The smallest absolute Gasteiger partial charge is 0.157 e. The van der Waals surface area contributed by atoms with E-state index in [1.807, 2.05) is 19.1 Å². The molecule has 2 heteroatoms. The van der Waals surface area contributed by atoms with Crippen molar-refractivity contribution in [2.24, 2.45) is 5.92 Å². The molecular weight excluding hydrogens is 162 g/mol. The highest BCUT2D eigenvalue weighted by molar-refractivity contribution is 5.95. The van der Waals surface area contributed by atoms with Crippen LogP contribution in [0.2, 0.25) is 0 Å². The molecule has 1 N–H and O–H groups in total. The Labute approximate surface area is 78.0 Å². The first-order chi connectivity index (χ1) is 6.18. The van der Waals surface area contributed by atoms with E-state index in [0.717, 1.165) is 11.3 Å². The van der Waals surface area contributed by atoms with Crippen LogP contribution in [0.4, 0.5) is 0 Å². The number of hydrogen-bond donors (Lipinski definition) is 1. The van der Waals surface area contributed by atoms with Crippen molar-refractivity contribution in [3.63, 3.8) is 0 Å². The Balaban J connectivity index is 2.30. The number of rotatable bonds is 1. The summed E-state index contributed by atoms with van der Waals surface area (Å²) in [6.45, 7) is 3.65. The molecule has 2 unspecified atom stereocenters. The van der Waals surface area contributed by atoms with Gasteiger partial charge in [0.05, 0.1) is 6.04 Å². The molecule has 1 heterocycles. The van der Waals surface area contributed by atoms with E-state index in [-0.39, 0.29) is 11.8 Å². The van der Waals surface area contributed by atoms with Gasteiger partial charge in [0.15, 0.2) is 5.78 Å².